The second kappa shape index (κ2) is 20.0. The van der Waals surface area contributed by atoms with E-state index in [9.17, 15) is 0 Å². The molecule has 2 aliphatic heterocycles. The van der Waals surface area contributed by atoms with Gasteiger partial charge in [0, 0.05) is 111 Å². The first-order valence-corrected chi connectivity index (χ1v) is 24.5. The highest BCUT2D eigenvalue weighted by Gasteiger charge is 2.31. The van der Waals surface area contributed by atoms with Crippen molar-refractivity contribution in [1.29, 1.82) is 0 Å². The average Bonchev–Trinajstić information content (AvgIpc) is 4.22. The summed E-state index contributed by atoms with van der Waals surface area (Å²) in [6.45, 7) is 12.6. The molecule has 0 saturated carbocycles. The van der Waals surface area contributed by atoms with E-state index in [4.69, 9.17) is 43.1 Å². The van der Waals surface area contributed by atoms with Gasteiger partial charge in [-0.05, 0) is 90.0 Å². The molecule has 0 amide bonds. The van der Waals surface area contributed by atoms with Gasteiger partial charge in [-0.3, -0.25) is 18.8 Å². The molecule has 0 radical (unpaired) electrons. The Morgan fingerprint density at radius 3 is 1.53 bits per heavy atom. The molecule has 6 aromatic heterocycles. The smallest absolute Gasteiger partial charge is 0.212 e. The molecule has 0 spiro atoms. The zero-order chi connectivity index (χ0) is 46.7. The van der Waals surface area contributed by atoms with Gasteiger partial charge >= 0.3 is 0 Å². The highest BCUT2D eigenvalue weighted by atomic mass is 35.5. The summed E-state index contributed by atoms with van der Waals surface area (Å²) in [6.07, 6.45) is 19.6. The number of nitrogens with zero attached hydrogens (tertiary/aromatic N) is 10. The Kier molecular flexibility index (Phi) is 13.4. The first-order chi connectivity index (χ1) is 33.2. The van der Waals surface area contributed by atoms with Crippen LogP contribution in [0.25, 0.3) is 66.8 Å². The van der Waals surface area contributed by atoms with Crippen LogP contribution in [0.15, 0.2) is 135 Å². The number of halogens is 2. The number of benzene rings is 3. The molecular weight excluding hydrogens is 888 g/mol. The summed E-state index contributed by atoms with van der Waals surface area (Å²) in [5, 5.41) is 10.7. The Balaban J connectivity index is 0.000000159. The number of nitrogens with one attached hydrogen (secondary N) is 2. The molecule has 3 aromatic carbocycles. The van der Waals surface area contributed by atoms with Crippen molar-refractivity contribution in [2.24, 2.45) is 0 Å². The molecule has 2 aliphatic rings. The molecule has 9 aromatic rings. The summed E-state index contributed by atoms with van der Waals surface area (Å²) >= 11 is 12.6. The third kappa shape index (κ3) is 9.25. The second-order valence-corrected chi connectivity index (χ2v) is 19.1. The molecule has 2 saturated heterocycles. The van der Waals surface area contributed by atoms with Crippen LogP contribution in [0.3, 0.4) is 0 Å². The van der Waals surface area contributed by atoms with Crippen molar-refractivity contribution in [2.45, 2.75) is 77.5 Å². The number of imidazole rings is 2. The molecule has 0 aliphatic carbocycles. The molecule has 12 nitrogen and oxygen atoms in total. The van der Waals surface area contributed by atoms with Gasteiger partial charge in [0.05, 0.1) is 32.6 Å². The lowest BCUT2D eigenvalue weighted by Crippen LogP contribution is -2.41. The maximum atomic E-state index is 6.40. The van der Waals surface area contributed by atoms with Gasteiger partial charge in [-0.15, -0.1) is 0 Å². The number of hydrogen-bond acceptors (Lipinski definition) is 10. The van der Waals surface area contributed by atoms with Crippen molar-refractivity contribution in [1.82, 2.24) is 49.3 Å². The van der Waals surface area contributed by atoms with E-state index in [-0.39, 0.29) is 0 Å². The van der Waals surface area contributed by atoms with Crippen LogP contribution in [-0.2, 0) is 0 Å². The van der Waals surface area contributed by atoms with Crippen LogP contribution >= 0.6 is 23.2 Å². The fourth-order valence-electron chi connectivity index (χ4n) is 9.67. The molecule has 2 fully saturated rings. The molecule has 11 rings (SSSR count). The molecule has 2 atom stereocenters. The Bertz CT molecular complexity index is 3170. The van der Waals surface area contributed by atoms with Crippen molar-refractivity contribution >= 4 is 57.2 Å². The van der Waals surface area contributed by atoms with Gasteiger partial charge in [0.25, 0.3) is 0 Å². The third-order valence-corrected chi connectivity index (χ3v) is 13.7. The average molecular weight is 944 g/mol. The highest BCUT2D eigenvalue weighted by molar-refractivity contribution is 6.42. The lowest BCUT2D eigenvalue weighted by Gasteiger charge is -2.28. The number of anilines is 2. The Morgan fingerprint density at radius 2 is 1.03 bits per heavy atom. The van der Waals surface area contributed by atoms with Gasteiger partial charge in [-0.1, -0.05) is 93.4 Å². The summed E-state index contributed by atoms with van der Waals surface area (Å²) < 4.78 is 4.26. The number of hydrogen-bond donors (Lipinski definition) is 2. The van der Waals surface area contributed by atoms with Crippen molar-refractivity contribution in [2.75, 3.05) is 36.0 Å². The van der Waals surface area contributed by atoms with Crippen LogP contribution in [0.5, 0.6) is 0 Å². The lowest BCUT2D eigenvalue weighted by atomic mass is 9.98. The van der Waals surface area contributed by atoms with Crippen molar-refractivity contribution in [3.8, 4) is 44.8 Å². The molecule has 68 heavy (non-hydrogen) atoms. The maximum Gasteiger partial charge on any atom is 0.212 e. The fourth-order valence-corrected chi connectivity index (χ4v) is 9.97. The second-order valence-electron chi connectivity index (χ2n) is 18.3. The Morgan fingerprint density at radius 1 is 0.544 bits per heavy atom. The van der Waals surface area contributed by atoms with Crippen molar-refractivity contribution < 1.29 is 0 Å². The molecule has 2 unspecified atom stereocenters. The zero-order valence-corrected chi connectivity index (χ0v) is 40.4. The van der Waals surface area contributed by atoms with Crippen LogP contribution < -0.4 is 20.4 Å². The minimum Gasteiger partial charge on any atom is -0.338 e. The number of fused-ring (bicyclic) bond motifs is 3. The van der Waals surface area contributed by atoms with Gasteiger partial charge in [0.1, 0.15) is 11.3 Å². The molecular formula is C54H56Cl2N12. The predicted molar refractivity (Wildman–Crippen MR) is 278 cm³/mol. The minimum atomic E-state index is 0.381. The number of pyridine rings is 2. The maximum absolute atomic E-state index is 6.40. The topological polar surface area (TPSA) is 117 Å². The molecule has 8 heterocycles. The van der Waals surface area contributed by atoms with Crippen molar-refractivity contribution in [3.05, 3.63) is 145 Å². The summed E-state index contributed by atoms with van der Waals surface area (Å²) in [5.41, 5.74) is 9.60. The van der Waals surface area contributed by atoms with E-state index in [0.717, 1.165) is 113 Å². The van der Waals surface area contributed by atoms with Gasteiger partial charge < -0.3 is 20.4 Å². The monoisotopic (exact) mass is 942 g/mol. The Hall–Kier alpha value is -6.44. The van der Waals surface area contributed by atoms with E-state index in [0.29, 0.717) is 34.2 Å². The zero-order valence-electron chi connectivity index (χ0n) is 38.9. The predicted octanol–water partition coefficient (Wildman–Crippen LogP) is 11.3. The normalized spacial score (nSPS) is 16.2. The third-order valence-electron chi connectivity index (χ3n) is 13.0. The van der Waals surface area contributed by atoms with Crippen molar-refractivity contribution in [3.63, 3.8) is 0 Å². The fraction of sp³-hybridized carbons (Fsp3) is 0.296. The summed E-state index contributed by atoms with van der Waals surface area (Å²) in [5.74, 6) is 1.87. The summed E-state index contributed by atoms with van der Waals surface area (Å²) in [6, 6.07) is 30.5. The standard InChI is InChI=1S/C29H30N6.C25H26Cl2N6/c1-20(2)32-19-25-8-5-16-34(25)29-33-27(22-11-13-30-14-12-22)26(28-31-15-17-35(28)29)24-10-9-21-6-3-4-7-23(21)18-24;1-16(2)30-15-19-4-3-12-32(19)25-31-23(17-7-9-28-10-8-17)22(24-29-11-13-33(24)25)18-5-6-20(26)21(27)14-18/h3-4,6-7,9-15,17-18,20,25,32H,5,8,16,19H2,1-2H3;5-11,13-14,16,19,30H,3-4,12,15H2,1-2H3. The van der Waals surface area contributed by atoms with Crippen LogP contribution in [-0.4, -0.2) is 89.1 Å². The molecule has 2 N–H and O–H groups in total. The lowest BCUT2D eigenvalue weighted by molar-refractivity contribution is 0.520. The summed E-state index contributed by atoms with van der Waals surface area (Å²) in [7, 11) is 0. The minimum absolute atomic E-state index is 0.381. The Labute approximate surface area is 407 Å². The van der Waals surface area contributed by atoms with Crippen LogP contribution in [0, 0.1) is 0 Å². The molecule has 14 heteroatoms. The van der Waals surface area contributed by atoms with E-state index in [1.165, 1.54) is 17.2 Å². The quantitative estimate of drug-likeness (QED) is 0.123. The first-order valence-electron chi connectivity index (χ1n) is 23.7. The molecule has 346 valence electrons. The molecule has 0 bridgehead atoms. The summed E-state index contributed by atoms with van der Waals surface area (Å²) in [4.78, 5) is 33.5. The number of aromatic nitrogens is 8. The SMILES string of the molecule is CC(C)NCC1CCCN1c1nc(-c2ccncc2)c(-c2ccc(Cl)c(Cl)c2)c2nccn12.CC(C)NCC1CCCN1c1nc(-c2ccncc2)c(-c2ccc3ccccc3c2)c2nccn12. The van der Waals surface area contributed by atoms with E-state index in [1.807, 2.05) is 79.6 Å². The van der Waals surface area contributed by atoms with E-state index in [2.05, 4.69) is 109 Å². The van der Waals surface area contributed by atoms with E-state index in [1.54, 1.807) is 12.4 Å². The van der Waals surface area contributed by atoms with E-state index >= 15 is 0 Å². The van der Waals surface area contributed by atoms with E-state index < -0.39 is 0 Å². The highest BCUT2D eigenvalue weighted by Crippen LogP contribution is 2.41. The largest absolute Gasteiger partial charge is 0.338 e. The van der Waals surface area contributed by atoms with Gasteiger partial charge in [0.15, 0.2) is 0 Å². The van der Waals surface area contributed by atoms with Gasteiger partial charge in [0.2, 0.25) is 11.9 Å². The van der Waals surface area contributed by atoms with Crippen LogP contribution in [0.1, 0.15) is 53.4 Å². The number of rotatable bonds is 12. The first kappa shape index (κ1) is 45.3. The van der Waals surface area contributed by atoms with Gasteiger partial charge in [-0.25, -0.2) is 19.9 Å². The van der Waals surface area contributed by atoms with Gasteiger partial charge in [-0.2, -0.15) is 0 Å². The van der Waals surface area contributed by atoms with Crippen LogP contribution in [0.4, 0.5) is 11.9 Å². The van der Waals surface area contributed by atoms with Crippen LogP contribution in [0.2, 0.25) is 10.0 Å².